The molecule has 1 saturated carbocycles. The average molecular weight is 632 g/mol. The number of piperidine rings is 2. The molecule has 5 aliphatic rings. The lowest BCUT2D eigenvalue weighted by atomic mass is 9.70. The van der Waals surface area contributed by atoms with Crippen LogP contribution in [0.5, 0.6) is 0 Å². The first-order chi connectivity index (χ1) is 20.7. The predicted octanol–water partition coefficient (Wildman–Crippen LogP) is 2.78. The summed E-state index contributed by atoms with van der Waals surface area (Å²) in [5.41, 5.74) is -0.529. The fraction of sp³-hybridized carbons (Fsp3) is 0.452. The van der Waals surface area contributed by atoms with Gasteiger partial charge in [0.25, 0.3) is 11.8 Å². The molecule has 3 heterocycles. The van der Waals surface area contributed by atoms with Crippen LogP contribution >= 0.6 is 0 Å². The van der Waals surface area contributed by atoms with Crippen molar-refractivity contribution >= 4 is 27.6 Å². The highest BCUT2D eigenvalue weighted by molar-refractivity contribution is 7.94. The molecule has 2 bridgehead atoms. The van der Waals surface area contributed by atoms with E-state index in [2.05, 4.69) is 10.6 Å². The van der Waals surface area contributed by atoms with Crippen molar-refractivity contribution in [2.45, 2.75) is 61.8 Å². The monoisotopic (exact) mass is 631 g/mol. The molecule has 3 aliphatic heterocycles. The maximum atomic E-state index is 15.4. The summed E-state index contributed by atoms with van der Waals surface area (Å²) in [6, 6.07) is 9.27. The predicted molar refractivity (Wildman–Crippen MR) is 153 cm³/mol. The highest BCUT2D eigenvalue weighted by Crippen LogP contribution is 2.53. The van der Waals surface area contributed by atoms with Gasteiger partial charge in [-0.2, -0.15) is 4.39 Å². The number of amides is 3. The smallest absolute Gasteiger partial charge is 0.264 e. The molecule has 5 atom stereocenters. The van der Waals surface area contributed by atoms with E-state index in [9.17, 15) is 32.3 Å². The van der Waals surface area contributed by atoms with Gasteiger partial charge in [0.05, 0.1) is 12.0 Å². The Morgan fingerprint density at radius 2 is 1.70 bits per heavy atom. The van der Waals surface area contributed by atoms with E-state index in [0.717, 1.165) is 4.90 Å². The van der Waals surface area contributed by atoms with E-state index in [1.54, 1.807) is 48.5 Å². The van der Waals surface area contributed by atoms with Crippen molar-refractivity contribution in [2.24, 2.45) is 11.8 Å². The maximum absolute atomic E-state index is 15.4. The Morgan fingerprint density at radius 1 is 1.09 bits per heavy atom. The first-order valence-electron chi connectivity index (χ1n) is 14.5. The standard InChI is InChI=1S/C31H32F3N3O6S/c1-44(42,43)25(32)15-18(14-17-12-13-35-27(17)38)36-28(39)26-24-11-10-19(16-30(24,33)34)37(26)29(40)31(41)22-8-4-2-6-20(22)21-7-3-5-9-23(21)31/h2-9,15,17-19,24,26,41H,10-14,16H2,1H3,(H,35,38)(H,36,39)/b25-15-/t17-,18+,19+,24+,26+/m1/s1. The van der Waals surface area contributed by atoms with Crippen LogP contribution in [0.3, 0.4) is 0 Å². The molecule has 44 heavy (non-hydrogen) atoms. The Kier molecular flexibility index (Phi) is 7.39. The van der Waals surface area contributed by atoms with Crippen molar-refractivity contribution in [3.8, 4) is 11.1 Å². The van der Waals surface area contributed by atoms with Crippen molar-refractivity contribution in [2.75, 3.05) is 12.8 Å². The highest BCUT2D eigenvalue weighted by atomic mass is 32.2. The normalized spacial score (nSPS) is 27.3. The summed E-state index contributed by atoms with van der Waals surface area (Å²) < 4.78 is 69.1. The molecular weight excluding hydrogens is 599 g/mol. The van der Waals surface area contributed by atoms with Crippen LogP contribution in [0.2, 0.25) is 0 Å². The molecule has 0 aromatic heterocycles. The molecular formula is C31H32F3N3O6S. The van der Waals surface area contributed by atoms with E-state index in [-0.39, 0.29) is 36.3 Å². The first kappa shape index (κ1) is 30.3. The van der Waals surface area contributed by atoms with Crippen LogP contribution < -0.4 is 10.6 Å². The summed E-state index contributed by atoms with van der Waals surface area (Å²) in [6.07, 6.45) is 0.872. The van der Waals surface area contributed by atoms with Gasteiger partial charge in [-0.1, -0.05) is 48.5 Å². The number of alkyl halides is 2. The number of hydrogen-bond acceptors (Lipinski definition) is 6. The number of hydrogen-bond donors (Lipinski definition) is 3. The number of nitrogens with zero attached hydrogens (tertiary/aromatic N) is 1. The molecule has 3 saturated heterocycles. The zero-order valence-corrected chi connectivity index (χ0v) is 24.6. The van der Waals surface area contributed by atoms with E-state index in [0.29, 0.717) is 36.4 Å². The van der Waals surface area contributed by atoms with Crippen molar-refractivity contribution in [1.29, 1.82) is 0 Å². The third-order valence-corrected chi connectivity index (χ3v) is 10.2. The lowest BCUT2D eigenvalue weighted by Gasteiger charge is -2.55. The fourth-order valence-electron chi connectivity index (χ4n) is 7.32. The summed E-state index contributed by atoms with van der Waals surface area (Å²) >= 11 is 0. The van der Waals surface area contributed by atoms with Crippen LogP contribution in [0, 0.1) is 11.8 Å². The van der Waals surface area contributed by atoms with Gasteiger partial charge in [-0.05, 0) is 42.9 Å². The maximum Gasteiger partial charge on any atom is 0.264 e. The van der Waals surface area contributed by atoms with Crippen LogP contribution in [-0.4, -0.2) is 73.0 Å². The van der Waals surface area contributed by atoms with Crippen molar-refractivity contribution < 1.29 is 41.1 Å². The van der Waals surface area contributed by atoms with E-state index >= 15 is 8.78 Å². The molecule has 3 amide bonds. The third-order valence-electron chi connectivity index (χ3n) is 9.39. The third kappa shape index (κ3) is 4.90. The van der Waals surface area contributed by atoms with Gasteiger partial charge in [-0.15, -0.1) is 0 Å². The Bertz CT molecular complexity index is 1630. The molecule has 9 nitrogen and oxygen atoms in total. The van der Waals surface area contributed by atoms with E-state index in [4.69, 9.17) is 0 Å². The van der Waals surface area contributed by atoms with E-state index in [1.807, 2.05) is 0 Å². The zero-order chi connectivity index (χ0) is 31.6. The van der Waals surface area contributed by atoms with Crippen LogP contribution in [0.15, 0.2) is 59.8 Å². The number of rotatable bonds is 7. The van der Waals surface area contributed by atoms with Gasteiger partial charge in [0.15, 0.2) is 5.60 Å². The number of carbonyl (C=O) groups excluding carboxylic acids is 3. The number of fused-ring (bicyclic) bond motifs is 6. The van der Waals surface area contributed by atoms with Crippen molar-refractivity contribution in [1.82, 2.24) is 15.5 Å². The first-order valence-corrected chi connectivity index (χ1v) is 16.4. The average Bonchev–Trinajstić information content (AvgIpc) is 3.50. The van der Waals surface area contributed by atoms with Gasteiger partial charge in [0, 0.05) is 42.3 Å². The lowest BCUT2D eigenvalue weighted by molar-refractivity contribution is -0.201. The van der Waals surface area contributed by atoms with Crippen LogP contribution in [0.1, 0.15) is 43.2 Å². The van der Waals surface area contributed by atoms with E-state index in [1.165, 1.54) is 0 Å². The van der Waals surface area contributed by atoms with Crippen LogP contribution in [-0.2, 0) is 29.8 Å². The molecule has 2 aromatic carbocycles. The van der Waals surface area contributed by atoms with E-state index < -0.39 is 74.7 Å². The SMILES string of the molecule is CS(=O)(=O)/C(F)=C\[C@H](C[C@H]1CCNC1=O)NC(=O)[C@@H]1[C@@H]2CC[C@@H](CC2(F)F)N1C(=O)C1(O)c2ccccc2-c2ccccc21. The summed E-state index contributed by atoms with van der Waals surface area (Å²) in [4.78, 5) is 41.8. The largest absolute Gasteiger partial charge is 0.372 e. The Balaban J connectivity index is 1.39. The van der Waals surface area contributed by atoms with Gasteiger partial charge >= 0.3 is 0 Å². The van der Waals surface area contributed by atoms with Crippen molar-refractivity contribution in [3.63, 3.8) is 0 Å². The number of carbonyl (C=O) groups is 3. The molecule has 3 N–H and O–H groups in total. The summed E-state index contributed by atoms with van der Waals surface area (Å²) in [6.45, 7) is 0.338. The molecule has 234 valence electrons. The van der Waals surface area contributed by atoms with Crippen molar-refractivity contribution in [3.05, 3.63) is 70.9 Å². The molecule has 0 radical (unpaired) electrons. The summed E-state index contributed by atoms with van der Waals surface area (Å²) in [7, 11) is -4.31. The zero-order valence-electron chi connectivity index (χ0n) is 23.8. The number of sulfone groups is 1. The van der Waals surface area contributed by atoms with Gasteiger partial charge in [0.1, 0.15) is 6.04 Å². The molecule has 2 aromatic rings. The highest BCUT2D eigenvalue weighted by Gasteiger charge is 2.63. The summed E-state index contributed by atoms with van der Waals surface area (Å²) in [5, 5.41) is 15.8. The number of benzene rings is 2. The quantitative estimate of drug-likeness (QED) is 0.431. The molecule has 4 fully saturated rings. The Morgan fingerprint density at radius 3 is 2.25 bits per heavy atom. The number of nitrogens with one attached hydrogen (secondary N) is 2. The second-order valence-electron chi connectivity index (χ2n) is 12.1. The minimum atomic E-state index is -4.31. The number of halogens is 3. The molecule has 13 heteroatoms. The van der Waals surface area contributed by atoms with Gasteiger partial charge < -0.3 is 20.6 Å². The topological polar surface area (TPSA) is 133 Å². The second kappa shape index (κ2) is 10.7. The molecule has 7 rings (SSSR count). The lowest BCUT2D eigenvalue weighted by Crippen LogP contribution is -2.70. The molecule has 0 spiro atoms. The second-order valence-corrected chi connectivity index (χ2v) is 14.1. The molecule has 2 aliphatic carbocycles. The summed E-state index contributed by atoms with van der Waals surface area (Å²) in [5.74, 6) is -7.94. The van der Waals surface area contributed by atoms with Gasteiger partial charge in [0.2, 0.25) is 26.8 Å². The fourth-order valence-corrected chi connectivity index (χ4v) is 7.73. The number of aliphatic hydroxyl groups is 1. The minimum absolute atomic E-state index is 0.0750. The Labute approximate surface area is 252 Å². The van der Waals surface area contributed by atoms with Crippen LogP contribution in [0.4, 0.5) is 13.2 Å². The van der Waals surface area contributed by atoms with Crippen LogP contribution in [0.25, 0.3) is 11.1 Å². The molecule has 0 unspecified atom stereocenters. The Hall–Kier alpha value is -3.71. The van der Waals surface area contributed by atoms with Gasteiger partial charge in [-0.25, -0.2) is 17.2 Å². The van der Waals surface area contributed by atoms with Gasteiger partial charge in [-0.3, -0.25) is 14.4 Å². The minimum Gasteiger partial charge on any atom is -0.372 e.